The number of hydrogen-bond acceptors (Lipinski definition) is 6. The predicted molar refractivity (Wildman–Crippen MR) is 74.0 cm³/mol. The lowest BCUT2D eigenvalue weighted by molar-refractivity contribution is -0.193. The zero-order valence-corrected chi connectivity index (χ0v) is 11.1. The van der Waals surface area contributed by atoms with Crippen LogP contribution < -0.4 is 0 Å². The summed E-state index contributed by atoms with van der Waals surface area (Å²) in [4.78, 5) is 22.2. The quantitative estimate of drug-likeness (QED) is 0.316. The van der Waals surface area contributed by atoms with Gasteiger partial charge in [-0.3, -0.25) is 4.79 Å². The van der Waals surface area contributed by atoms with Crippen molar-refractivity contribution in [3.63, 3.8) is 0 Å². The molecule has 114 valence electrons. The van der Waals surface area contributed by atoms with Crippen LogP contribution in [0.15, 0.2) is 42.5 Å². The fourth-order valence-corrected chi connectivity index (χ4v) is 2.04. The van der Waals surface area contributed by atoms with Crippen molar-refractivity contribution in [2.45, 2.75) is 5.79 Å². The summed E-state index contributed by atoms with van der Waals surface area (Å²) >= 11 is 0. The molecule has 0 radical (unpaired) electrons. The first-order valence-electron chi connectivity index (χ1n) is 6.10. The van der Waals surface area contributed by atoms with Crippen molar-refractivity contribution in [2.75, 3.05) is 0 Å². The van der Waals surface area contributed by atoms with Gasteiger partial charge in [-0.1, -0.05) is 30.3 Å². The number of aliphatic carboxylic acids is 1. The van der Waals surface area contributed by atoms with Crippen LogP contribution in [0.4, 0.5) is 0 Å². The molecular weight excluding hydrogens is 292 g/mol. The SMILES string of the molecule is O=C(O)C(=O)C(O)(O)c1ccc(O)c(O)c1-c1ccccc1. The Kier molecular flexibility index (Phi) is 3.85. The number of phenols is 2. The lowest BCUT2D eigenvalue weighted by Crippen LogP contribution is -2.40. The van der Waals surface area contributed by atoms with Gasteiger partial charge in [-0.15, -0.1) is 0 Å². The molecular formula is C15H12O7. The number of phenolic OH excluding ortho intramolecular Hbond substituents is 2. The summed E-state index contributed by atoms with van der Waals surface area (Å²) in [6.45, 7) is 0. The van der Waals surface area contributed by atoms with Crippen LogP contribution in [0, 0.1) is 0 Å². The number of carbonyl (C=O) groups is 2. The van der Waals surface area contributed by atoms with Crippen molar-refractivity contribution in [3.8, 4) is 22.6 Å². The van der Waals surface area contributed by atoms with Crippen molar-refractivity contribution in [1.82, 2.24) is 0 Å². The third-order valence-electron chi connectivity index (χ3n) is 3.11. The van der Waals surface area contributed by atoms with Gasteiger partial charge in [0.05, 0.1) is 0 Å². The normalized spacial score (nSPS) is 11.2. The molecule has 2 rings (SSSR count). The average Bonchev–Trinajstić information content (AvgIpc) is 2.49. The summed E-state index contributed by atoms with van der Waals surface area (Å²) in [5.41, 5.74) is -0.543. The van der Waals surface area contributed by atoms with Gasteiger partial charge >= 0.3 is 11.8 Å². The van der Waals surface area contributed by atoms with Crippen LogP contribution in [-0.2, 0) is 15.4 Å². The van der Waals surface area contributed by atoms with E-state index in [9.17, 15) is 30.0 Å². The molecule has 0 aromatic heterocycles. The van der Waals surface area contributed by atoms with Gasteiger partial charge in [0.2, 0.25) is 0 Å². The van der Waals surface area contributed by atoms with E-state index in [-0.39, 0.29) is 11.1 Å². The summed E-state index contributed by atoms with van der Waals surface area (Å²) < 4.78 is 0. The first-order chi connectivity index (χ1) is 10.3. The van der Waals surface area contributed by atoms with Gasteiger partial charge in [0.1, 0.15) is 0 Å². The molecule has 0 unspecified atom stereocenters. The van der Waals surface area contributed by atoms with E-state index in [1.165, 1.54) is 12.1 Å². The second-order valence-electron chi connectivity index (χ2n) is 4.53. The van der Waals surface area contributed by atoms with Crippen molar-refractivity contribution >= 4 is 11.8 Å². The molecule has 0 aliphatic carbocycles. The number of carboxylic acids is 1. The number of ketones is 1. The molecule has 22 heavy (non-hydrogen) atoms. The third kappa shape index (κ3) is 2.50. The van der Waals surface area contributed by atoms with Crippen LogP contribution in [0.3, 0.4) is 0 Å². The van der Waals surface area contributed by atoms with Gasteiger partial charge in [0, 0.05) is 11.1 Å². The predicted octanol–water partition coefficient (Wildman–Crippen LogP) is 0.556. The zero-order chi connectivity index (χ0) is 16.5. The van der Waals surface area contributed by atoms with Crippen LogP contribution in [0.5, 0.6) is 11.5 Å². The van der Waals surface area contributed by atoms with Gasteiger partial charge in [-0.05, 0) is 17.7 Å². The molecule has 0 saturated heterocycles. The molecule has 0 aliphatic heterocycles. The van der Waals surface area contributed by atoms with E-state index in [0.29, 0.717) is 0 Å². The maximum absolute atomic E-state index is 11.5. The Hall–Kier alpha value is -2.90. The van der Waals surface area contributed by atoms with Gasteiger partial charge < -0.3 is 25.5 Å². The minimum Gasteiger partial charge on any atom is -0.504 e. The third-order valence-corrected chi connectivity index (χ3v) is 3.11. The van der Waals surface area contributed by atoms with Crippen LogP contribution >= 0.6 is 0 Å². The van der Waals surface area contributed by atoms with E-state index >= 15 is 0 Å². The van der Waals surface area contributed by atoms with E-state index in [4.69, 9.17) is 5.11 Å². The summed E-state index contributed by atoms with van der Waals surface area (Å²) in [6.07, 6.45) is 0. The Balaban J connectivity index is 2.76. The lowest BCUT2D eigenvalue weighted by Gasteiger charge is -2.22. The highest BCUT2D eigenvalue weighted by molar-refractivity contribution is 6.35. The number of rotatable bonds is 4. The van der Waals surface area contributed by atoms with Crippen LogP contribution in [0.1, 0.15) is 5.56 Å². The summed E-state index contributed by atoms with van der Waals surface area (Å²) in [5, 5.41) is 48.1. The Morgan fingerprint density at radius 1 is 0.909 bits per heavy atom. The summed E-state index contributed by atoms with van der Waals surface area (Å²) in [5.74, 6) is -8.54. The Bertz CT molecular complexity index is 735. The molecule has 0 fully saturated rings. The van der Waals surface area contributed by atoms with Crippen LogP contribution in [0.25, 0.3) is 11.1 Å². The highest BCUT2D eigenvalue weighted by atomic mass is 16.5. The van der Waals surface area contributed by atoms with Crippen LogP contribution in [0.2, 0.25) is 0 Å². The molecule has 0 bridgehead atoms. The number of hydrogen-bond donors (Lipinski definition) is 5. The highest BCUT2D eigenvalue weighted by Gasteiger charge is 2.43. The van der Waals surface area contributed by atoms with E-state index in [1.54, 1.807) is 18.2 Å². The van der Waals surface area contributed by atoms with Gasteiger partial charge in [0.25, 0.3) is 5.79 Å². The maximum atomic E-state index is 11.5. The fourth-order valence-electron chi connectivity index (χ4n) is 2.04. The van der Waals surface area contributed by atoms with Gasteiger partial charge in [-0.25, -0.2) is 4.79 Å². The zero-order valence-electron chi connectivity index (χ0n) is 11.1. The number of carboxylic acid groups (broad SMARTS) is 1. The van der Waals surface area contributed by atoms with Crippen molar-refractivity contribution < 1.29 is 35.1 Å². The Morgan fingerprint density at radius 2 is 1.50 bits per heavy atom. The second-order valence-corrected chi connectivity index (χ2v) is 4.53. The monoisotopic (exact) mass is 304 g/mol. The second kappa shape index (κ2) is 5.47. The standard InChI is InChI=1S/C15H12O7/c16-10-7-6-9(15(21,22)13(18)14(19)20)11(12(10)17)8-4-2-1-3-5-8/h1-7,16-17,21-22H,(H,19,20). The fraction of sp³-hybridized carbons (Fsp3) is 0.0667. The molecule has 0 heterocycles. The molecule has 0 aliphatic rings. The maximum Gasteiger partial charge on any atom is 0.378 e. The van der Waals surface area contributed by atoms with E-state index in [1.807, 2.05) is 0 Å². The smallest absolute Gasteiger partial charge is 0.378 e. The first kappa shape index (κ1) is 15.5. The molecule has 0 saturated carbocycles. The molecule has 0 spiro atoms. The van der Waals surface area contributed by atoms with E-state index < -0.39 is 34.6 Å². The molecule has 0 atom stereocenters. The minimum absolute atomic E-state index is 0.250. The summed E-state index contributed by atoms with van der Waals surface area (Å²) in [6, 6.07) is 9.68. The average molecular weight is 304 g/mol. The number of aliphatic hydroxyl groups is 2. The molecule has 2 aromatic carbocycles. The molecule has 0 amide bonds. The number of aromatic hydroxyl groups is 2. The van der Waals surface area contributed by atoms with Crippen molar-refractivity contribution in [3.05, 3.63) is 48.0 Å². The molecule has 7 nitrogen and oxygen atoms in total. The molecule has 7 heteroatoms. The number of carbonyl (C=O) groups excluding carboxylic acids is 1. The first-order valence-corrected chi connectivity index (χ1v) is 6.10. The highest BCUT2D eigenvalue weighted by Crippen LogP contribution is 2.42. The topological polar surface area (TPSA) is 135 Å². The largest absolute Gasteiger partial charge is 0.504 e. The minimum atomic E-state index is -3.36. The Morgan fingerprint density at radius 3 is 2.05 bits per heavy atom. The number of benzene rings is 2. The summed E-state index contributed by atoms with van der Waals surface area (Å²) in [7, 11) is 0. The van der Waals surface area contributed by atoms with E-state index in [2.05, 4.69) is 0 Å². The van der Waals surface area contributed by atoms with Crippen molar-refractivity contribution in [2.24, 2.45) is 0 Å². The number of Topliss-reactive ketones (excluding diaryl/α,β-unsaturated/α-hetero) is 1. The van der Waals surface area contributed by atoms with E-state index in [0.717, 1.165) is 12.1 Å². The molecule has 5 N–H and O–H groups in total. The Labute approximate surface area is 124 Å². The van der Waals surface area contributed by atoms with Crippen LogP contribution in [-0.4, -0.2) is 37.3 Å². The van der Waals surface area contributed by atoms with Gasteiger partial charge in [-0.2, -0.15) is 0 Å². The molecule has 2 aromatic rings. The van der Waals surface area contributed by atoms with Gasteiger partial charge in [0.15, 0.2) is 11.5 Å². The lowest BCUT2D eigenvalue weighted by atomic mass is 9.90. The van der Waals surface area contributed by atoms with Crippen molar-refractivity contribution in [1.29, 1.82) is 0 Å².